The van der Waals surface area contributed by atoms with E-state index in [0.717, 1.165) is 18.5 Å². The molecule has 178 valence electrons. The van der Waals surface area contributed by atoms with Crippen molar-refractivity contribution in [1.29, 1.82) is 0 Å². The highest BCUT2D eigenvalue weighted by molar-refractivity contribution is 6.07. The molecule has 1 aromatic carbocycles. The smallest absolute Gasteiger partial charge is 0.261 e. The zero-order chi connectivity index (χ0) is 23.9. The van der Waals surface area contributed by atoms with Crippen molar-refractivity contribution >= 4 is 17.3 Å². The molecule has 3 heterocycles. The van der Waals surface area contributed by atoms with Gasteiger partial charge >= 0.3 is 0 Å². The summed E-state index contributed by atoms with van der Waals surface area (Å²) in [6.07, 6.45) is 5.96. The van der Waals surface area contributed by atoms with Crippen LogP contribution < -0.4 is 15.5 Å². The summed E-state index contributed by atoms with van der Waals surface area (Å²) in [7, 11) is 3.65. The van der Waals surface area contributed by atoms with Gasteiger partial charge in [-0.1, -0.05) is 18.2 Å². The third-order valence-electron chi connectivity index (χ3n) is 6.95. The number of methoxy groups -OCH3 is 1. The molecule has 1 aromatic heterocycles. The first-order valence-corrected chi connectivity index (χ1v) is 11.2. The van der Waals surface area contributed by atoms with Gasteiger partial charge in [-0.25, -0.2) is 9.38 Å². The Morgan fingerprint density at radius 3 is 2.33 bits per heavy atom. The molecule has 0 spiro atoms. The van der Waals surface area contributed by atoms with Crippen LogP contribution in [0.3, 0.4) is 0 Å². The molecular weight excluding hydrogens is 421 g/mol. The monoisotopic (exact) mass is 455 g/mol. The molecule has 0 aliphatic carbocycles. The van der Waals surface area contributed by atoms with Gasteiger partial charge in [-0.15, -0.1) is 0 Å². The van der Waals surface area contributed by atoms with Crippen molar-refractivity contribution in [3.8, 4) is 0 Å². The Balaban J connectivity index is 1.73. The van der Waals surface area contributed by atoms with Gasteiger partial charge in [-0.2, -0.15) is 0 Å². The lowest BCUT2D eigenvalue weighted by Crippen LogP contribution is -2.71. The number of anilines is 2. The molecular formula is C25H34FN5O2. The van der Waals surface area contributed by atoms with Crippen LogP contribution in [0.2, 0.25) is 0 Å². The van der Waals surface area contributed by atoms with Gasteiger partial charge in [0, 0.05) is 36.0 Å². The molecule has 1 fully saturated rings. The maximum atomic E-state index is 15.7. The number of aliphatic imine (C=N–C) groups is 1. The minimum Gasteiger partial charge on any atom is -0.470 e. The molecule has 8 heteroatoms. The quantitative estimate of drug-likeness (QED) is 0.624. The Hall–Kier alpha value is -2.68. The predicted octanol–water partition coefficient (Wildman–Crippen LogP) is 4.92. The van der Waals surface area contributed by atoms with Crippen molar-refractivity contribution in [3.05, 3.63) is 61.0 Å². The van der Waals surface area contributed by atoms with Crippen LogP contribution >= 0.6 is 0 Å². The Morgan fingerprint density at radius 2 is 1.76 bits per heavy atom. The van der Waals surface area contributed by atoms with Gasteiger partial charge < -0.3 is 14.5 Å². The Morgan fingerprint density at radius 1 is 1.09 bits per heavy atom. The SMILES string of the molecule is COC1(NC2CC(C)(C)N(C)C(C)(C)C2)C(F)=CN=C(Nc2ccccc2)N1c1ccoc1. The Bertz CT molecular complexity index is 1000. The zero-order valence-corrected chi connectivity index (χ0v) is 20.2. The molecule has 2 aliphatic rings. The fourth-order valence-corrected chi connectivity index (χ4v) is 5.08. The molecule has 1 unspecified atom stereocenters. The summed E-state index contributed by atoms with van der Waals surface area (Å²) in [4.78, 5) is 8.44. The van der Waals surface area contributed by atoms with E-state index >= 15 is 4.39 Å². The second-order valence-electron chi connectivity index (χ2n) is 10.0. The number of nitrogens with zero attached hydrogens (tertiary/aromatic N) is 3. The Kier molecular flexibility index (Phi) is 6.11. The van der Waals surface area contributed by atoms with Crippen LogP contribution in [0.15, 0.2) is 70.4 Å². The fraction of sp³-hybridized carbons (Fsp3) is 0.480. The van der Waals surface area contributed by atoms with Crippen molar-refractivity contribution in [3.63, 3.8) is 0 Å². The standard InChI is InChI=1S/C25H34FN5O2/c1-23(2)14-19(15-24(3,4)30(23)5)29-25(32-6)21(26)16-27-22(28-18-10-8-7-9-11-18)31(25)20-12-13-33-17-20/h7-13,16-17,19,29H,14-15H2,1-6H3,(H,27,28). The van der Waals surface area contributed by atoms with Gasteiger partial charge in [0.2, 0.25) is 5.96 Å². The normalized spacial score (nSPS) is 25.5. The molecule has 2 aromatic rings. The Labute approximate surface area is 195 Å². The number of nitrogens with one attached hydrogen (secondary N) is 2. The maximum absolute atomic E-state index is 15.7. The first-order valence-electron chi connectivity index (χ1n) is 11.2. The molecule has 0 amide bonds. The van der Waals surface area contributed by atoms with E-state index in [0.29, 0.717) is 11.6 Å². The fourth-order valence-electron chi connectivity index (χ4n) is 5.08. The molecule has 7 nitrogen and oxygen atoms in total. The van der Waals surface area contributed by atoms with Crippen LogP contribution in [0.5, 0.6) is 0 Å². The third-order valence-corrected chi connectivity index (χ3v) is 6.95. The summed E-state index contributed by atoms with van der Waals surface area (Å²) < 4.78 is 27.0. The van der Waals surface area contributed by atoms with E-state index in [1.165, 1.54) is 13.3 Å². The first kappa shape index (κ1) is 23.5. The van der Waals surface area contributed by atoms with Crippen molar-refractivity contribution in [2.24, 2.45) is 4.99 Å². The van der Waals surface area contributed by atoms with Gasteiger partial charge in [0.15, 0.2) is 5.83 Å². The second kappa shape index (κ2) is 8.59. The van der Waals surface area contributed by atoms with Crippen LogP contribution in [-0.4, -0.2) is 48.0 Å². The molecule has 2 N–H and O–H groups in total. The number of guanidine groups is 1. The number of hydrogen-bond acceptors (Lipinski definition) is 7. The topological polar surface area (TPSA) is 65.3 Å². The number of ether oxygens (including phenoxy) is 1. The number of likely N-dealkylation sites (tertiary alicyclic amines) is 1. The number of halogens is 1. The first-order chi connectivity index (χ1) is 15.6. The summed E-state index contributed by atoms with van der Waals surface area (Å²) in [5, 5.41) is 6.83. The number of piperidine rings is 1. The molecule has 1 saturated heterocycles. The zero-order valence-electron chi connectivity index (χ0n) is 20.2. The average Bonchev–Trinajstić information content (AvgIpc) is 3.29. The average molecular weight is 456 g/mol. The highest BCUT2D eigenvalue weighted by Gasteiger charge is 2.52. The van der Waals surface area contributed by atoms with Crippen LogP contribution in [0.4, 0.5) is 15.8 Å². The number of rotatable bonds is 5. The van der Waals surface area contributed by atoms with Gasteiger partial charge in [-0.05, 0) is 59.7 Å². The number of hydrogen-bond donors (Lipinski definition) is 2. The minimum atomic E-state index is -1.59. The van der Waals surface area contributed by atoms with Crippen molar-refractivity contribution < 1.29 is 13.5 Å². The lowest BCUT2D eigenvalue weighted by atomic mass is 9.77. The van der Waals surface area contributed by atoms with E-state index in [2.05, 4.69) is 55.3 Å². The summed E-state index contributed by atoms with van der Waals surface area (Å²) in [6.45, 7) is 8.86. The molecule has 1 atom stereocenters. The van der Waals surface area contributed by atoms with E-state index in [1.54, 1.807) is 23.5 Å². The van der Waals surface area contributed by atoms with Crippen molar-refractivity contribution in [2.75, 3.05) is 24.4 Å². The number of furan rings is 1. The van der Waals surface area contributed by atoms with E-state index in [4.69, 9.17) is 9.15 Å². The van der Waals surface area contributed by atoms with E-state index < -0.39 is 11.7 Å². The molecule has 0 radical (unpaired) electrons. The van der Waals surface area contributed by atoms with Crippen LogP contribution in [0.25, 0.3) is 0 Å². The van der Waals surface area contributed by atoms with Gasteiger partial charge in [0.05, 0.1) is 18.2 Å². The molecule has 33 heavy (non-hydrogen) atoms. The van der Waals surface area contributed by atoms with Crippen LogP contribution in [-0.2, 0) is 4.74 Å². The lowest BCUT2D eigenvalue weighted by molar-refractivity contribution is -0.0660. The highest BCUT2D eigenvalue weighted by Crippen LogP contribution is 2.40. The highest BCUT2D eigenvalue weighted by atomic mass is 19.1. The second-order valence-corrected chi connectivity index (χ2v) is 10.0. The van der Waals surface area contributed by atoms with Gasteiger partial charge in [0.1, 0.15) is 6.26 Å². The predicted molar refractivity (Wildman–Crippen MR) is 130 cm³/mol. The van der Waals surface area contributed by atoms with Crippen LogP contribution in [0.1, 0.15) is 40.5 Å². The summed E-state index contributed by atoms with van der Waals surface area (Å²) in [5.74, 6) is -1.70. The molecule has 0 saturated carbocycles. The lowest BCUT2D eigenvalue weighted by Gasteiger charge is -2.55. The molecule has 0 bridgehead atoms. The van der Waals surface area contributed by atoms with E-state index in [-0.39, 0.29) is 17.1 Å². The van der Waals surface area contributed by atoms with Crippen molar-refractivity contribution in [1.82, 2.24) is 10.2 Å². The van der Waals surface area contributed by atoms with E-state index in [1.807, 2.05) is 30.3 Å². The molecule has 4 rings (SSSR count). The summed E-state index contributed by atoms with van der Waals surface area (Å²) in [6, 6.07) is 11.4. The number of para-hydroxylation sites is 1. The summed E-state index contributed by atoms with van der Waals surface area (Å²) in [5.41, 5.74) is 1.28. The largest absolute Gasteiger partial charge is 0.470 e. The van der Waals surface area contributed by atoms with Crippen molar-refractivity contribution in [2.45, 2.75) is 63.5 Å². The van der Waals surface area contributed by atoms with Gasteiger partial charge in [0.25, 0.3) is 5.85 Å². The van der Waals surface area contributed by atoms with E-state index in [9.17, 15) is 0 Å². The molecule has 2 aliphatic heterocycles. The number of benzene rings is 1. The third kappa shape index (κ3) is 4.30. The maximum Gasteiger partial charge on any atom is 0.261 e. The minimum absolute atomic E-state index is 0.0178. The van der Waals surface area contributed by atoms with Gasteiger partial charge in [-0.3, -0.25) is 15.1 Å². The van der Waals surface area contributed by atoms with Crippen LogP contribution in [0, 0.1) is 0 Å². The summed E-state index contributed by atoms with van der Waals surface area (Å²) >= 11 is 0.